The van der Waals surface area contributed by atoms with Gasteiger partial charge >= 0.3 is 0 Å². The maximum absolute atomic E-state index is 12.8. The summed E-state index contributed by atoms with van der Waals surface area (Å²) in [6.07, 6.45) is 3.42. The Morgan fingerprint density at radius 2 is 1.76 bits per heavy atom. The maximum atomic E-state index is 12.8. The normalized spacial score (nSPS) is 15.0. The maximum Gasteiger partial charge on any atom is 0.236 e. The molecule has 0 atom stereocenters. The number of sulfonamides is 1. The Hall–Kier alpha value is -1.82. The topological polar surface area (TPSA) is 46.6 Å². The number of ether oxygens (including phenoxy) is 1. The fourth-order valence-corrected chi connectivity index (χ4v) is 4.08. The van der Waals surface area contributed by atoms with Crippen molar-refractivity contribution in [1.29, 1.82) is 0 Å². The molecule has 1 aliphatic carbocycles. The molecule has 0 heterocycles. The zero-order valence-electron chi connectivity index (χ0n) is 13.9. The number of hydrogen-bond acceptors (Lipinski definition) is 3. The molecule has 0 saturated heterocycles. The van der Waals surface area contributed by atoms with Crippen LogP contribution in [0.15, 0.2) is 53.9 Å². The zero-order valence-corrected chi connectivity index (χ0v) is 15.5. The van der Waals surface area contributed by atoms with E-state index in [1.54, 1.807) is 41.8 Å². The second kappa shape index (κ2) is 7.60. The number of benzene rings is 2. The highest BCUT2D eigenvalue weighted by Gasteiger charge is 2.35. The standard InChI is InChI=1S/C19H20ClNO3S/c1-24-19-10-4-16(5-11-19)14-21(18-8-9-18)25(22,23)13-12-15-2-6-17(20)7-3-15/h2-7,10-13,18H,8-9,14H2,1H3/b13-12+. The molecule has 2 aromatic rings. The van der Waals surface area contributed by atoms with Crippen molar-refractivity contribution in [2.24, 2.45) is 0 Å². The first-order valence-electron chi connectivity index (χ1n) is 8.06. The molecule has 0 unspecified atom stereocenters. The van der Waals surface area contributed by atoms with Crippen molar-refractivity contribution in [3.05, 3.63) is 70.1 Å². The van der Waals surface area contributed by atoms with Gasteiger partial charge in [0.15, 0.2) is 0 Å². The van der Waals surface area contributed by atoms with Gasteiger partial charge in [-0.25, -0.2) is 8.42 Å². The minimum Gasteiger partial charge on any atom is -0.497 e. The van der Waals surface area contributed by atoms with Crippen LogP contribution in [-0.2, 0) is 16.6 Å². The van der Waals surface area contributed by atoms with Gasteiger partial charge in [0.05, 0.1) is 7.11 Å². The third-order valence-corrected chi connectivity index (χ3v) is 5.89. The number of methoxy groups -OCH3 is 1. The molecule has 1 saturated carbocycles. The van der Waals surface area contributed by atoms with Crippen molar-refractivity contribution >= 4 is 27.7 Å². The summed E-state index contributed by atoms with van der Waals surface area (Å²) in [5, 5.41) is 1.90. The Balaban J connectivity index is 1.77. The molecule has 1 fully saturated rings. The summed E-state index contributed by atoms with van der Waals surface area (Å²) in [6.45, 7) is 0.363. The quantitative estimate of drug-likeness (QED) is 0.722. The lowest BCUT2D eigenvalue weighted by atomic mass is 10.2. The van der Waals surface area contributed by atoms with E-state index in [9.17, 15) is 8.42 Å². The van der Waals surface area contributed by atoms with Crippen LogP contribution in [0.25, 0.3) is 6.08 Å². The van der Waals surface area contributed by atoms with Gasteiger partial charge in [-0.3, -0.25) is 0 Å². The monoisotopic (exact) mass is 377 g/mol. The molecule has 0 N–H and O–H groups in total. The Kier molecular flexibility index (Phi) is 5.47. The highest BCUT2D eigenvalue weighted by Crippen LogP contribution is 2.32. The molecule has 2 aromatic carbocycles. The first-order valence-corrected chi connectivity index (χ1v) is 9.94. The summed E-state index contributed by atoms with van der Waals surface area (Å²) in [6, 6.07) is 14.6. The van der Waals surface area contributed by atoms with Crippen LogP contribution >= 0.6 is 11.6 Å². The van der Waals surface area contributed by atoms with E-state index in [4.69, 9.17) is 16.3 Å². The second-order valence-electron chi connectivity index (χ2n) is 6.02. The van der Waals surface area contributed by atoms with Crippen molar-refractivity contribution < 1.29 is 13.2 Å². The summed E-state index contributed by atoms with van der Waals surface area (Å²) in [7, 11) is -1.88. The first-order chi connectivity index (χ1) is 12.0. The van der Waals surface area contributed by atoms with Crippen molar-refractivity contribution in [3.8, 4) is 5.75 Å². The van der Waals surface area contributed by atoms with Gasteiger partial charge in [-0.2, -0.15) is 4.31 Å². The average Bonchev–Trinajstić information content (AvgIpc) is 3.44. The van der Waals surface area contributed by atoms with E-state index in [0.717, 1.165) is 29.7 Å². The molecule has 132 valence electrons. The van der Waals surface area contributed by atoms with Gasteiger partial charge in [0.25, 0.3) is 0 Å². The van der Waals surface area contributed by atoms with Crippen LogP contribution in [0.3, 0.4) is 0 Å². The van der Waals surface area contributed by atoms with E-state index in [2.05, 4.69) is 0 Å². The Morgan fingerprint density at radius 3 is 2.32 bits per heavy atom. The van der Waals surface area contributed by atoms with Gasteiger partial charge in [-0.05, 0) is 54.3 Å². The largest absolute Gasteiger partial charge is 0.497 e. The van der Waals surface area contributed by atoms with Gasteiger partial charge in [0.1, 0.15) is 5.75 Å². The molecule has 6 heteroatoms. The zero-order chi connectivity index (χ0) is 17.9. The number of halogens is 1. The lowest BCUT2D eigenvalue weighted by Crippen LogP contribution is -2.31. The highest BCUT2D eigenvalue weighted by molar-refractivity contribution is 7.92. The summed E-state index contributed by atoms with van der Waals surface area (Å²) < 4.78 is 32.3. The van der Waals surface area contributed by atoms with Gasteiger partial charge in [-0.1, -0.05) is 35.9 Å². The van der Waals surface area contributed by atoms with E-state index < -0.39 is 10.0 Å². The number of hydrogen-bond donors (Lipinski definition) is 0. The summed E-state index contributed by atoms with van der Waals surface area (Å²) in [4.78, 5) is 0. The van der Waals surface area contributed by atoms with Crippen molar-refractivity contribution in [2.75, 3.05) is 7.11 Å². The van der Waals surface area contributed by atoms with Crippen molar-refractivity contribution in [3.63, 3.8) is 0 Å². The molecule has 0 amide bonds. The molecule has 0 aromatic heterocycles. The third kappa shape index (κ3) is 4.84. The van der Waals surface area contributed by atoms with E-state index in [0.29, 0.717) is 11.6 Å². The number of rotatable bonds is 7. The Morgan fingerprint density at radius 1 is 1.12 bits per heavy atom. The van der Waals surface area contributed by atoms with E-state index in [1.807, 2.05) is 24.3 Å². The van der Waals surface area contributed by atoms with Crippen molar-refractivity contribution in [1.82, 2.24) is 4.31 Å². The molecule has 0 radical (unpaired) electrons. The first kappa shape index (κ1) is 18.0. The molecule has 1 aliphatic rings. The van der Waals surface area contributed by atoms with Crippen LogP contribution in [0.4, 0.5) is 0 Å². The SMILES string of the molecule is COc1ccc(CN(C2CC2)S(=O)(=O)/C=C/c2ccc(Cl)cc2)cc1. The van der Waals surface area contributed by atoms with Gasteiger partial charge < -0.3 is 4.74 Å². The summed E-state index contributed by atoms with van der Waals surface area (Å²) >= 11 is 5.85. The molecular formula is C19H20ClNO3S. The van der Waals surface area contributed by atoms with Crippen LogP contribution in [0.5, 0.6) is 5.75 Å². The Labute approximate surface area is 153 Å². The lowest BCUT2D eigenvalue weighted by molar-refractivity contribution is 0.402. The molecule has 0 aliphatic heterocycles. The lowest BCUT2D eigenvalue weighted by Gasteiger charge is -2.20. The minimum atomic E-state index is -3.49. The molecular weight excluding hydrogens is 358 g/mol. The van der Waals surface area contributed by atoms with Crippen LogP contribution in [-0.4, -0.2) is 25.9 Å². The predicted octanol–water partition coefficient (Wildman–Crippen LogP) is 4.31. The second-order valence-corrected chi connectivity index (χ2v) is 8.23. The van der Waals surface area contributed by atoms with Gasteiger partial charge in [0, 0.05) is 23.0 Å². The summed E-state index contributed by atoms with van der Waals surface area (Å²) in [5.41, 5.74) is 1.74. The fraction of sp³-hybridized carbons (Fsp3) is 0.263. The van der Waals surface area contributed by atoms with Gasteiger partial charge in [-0.15, -0.1) is 0 Å². The molecule has 25 heavy (non-hydrogen) atoms. The van der Waals surface area contributed by atoms with Crippen LogP contribution in [0.2, 0.25) is 5.02 Å². The molecule has 0 bridgehead atoms. The minimum absolute atomic E-state index is 0.0852. The molecule has 0 spiro atoms. The predicted molar refractivity (Wildman–Crippen MR) is 101 cm³/mol. The fourth-order valence-electron chi connectivity index (χ4n) is 2.52. The van der Waals surface area contributed by atoms with Crippen LogP contribution in [0, 0.1) is 0 Å². The van der Waals surface area contributed by atoms with E-state index in [-0.39, 0.29) is 6.04 Å². The third-order valence-electron chi connectivity index (χ3n) is 4.08. The van der Waals surface area contributed by atoms with Crippen molar-refractivity contribution in [2.45, 2.75) is 25.4 Å². The summed E-state index contributed by atoms with van der Waals surface area (Å²) in [5.74, 6) is 0.757. The Bertz CT molecular complexity index is 841. The highest BCUT2D eigenvalue weighted by atomic mass is 35.5. The molecule has 3 rings (SSSR count). The van der Waals surface area contributed by atoms with Crippen LogP contribution < -0.4 is 4.74 Å². The van der Waals surface area contributed by atoms with E-state index >= 15 is 0 Å². The smallest absolute Gasteiger partial charge is 0.236 e. The molecule has 4 nitrogen and oxygen atoms in total. The van der Waals surface area contributed by atoms with Gasteiger partial charge in [0.2, 0.25) is 10.0 Å². The average molecular weight is 378 g/mol. The van der Waals surface area contributed by atoms with E-state index in [1.165, 1.54) is 5.41 Å². The van der Waals surface area contributed by atoms with Crippen LogP contribution in [0.1, 0.15) is 24.0 Å². The number of nitrogens with zero attached hydrogens (tertiary/aromatic N) is 1.